The summed E-state index contributed by atoms with van der Waals surface area (Å²) in [4.78, 5) is 11.5. The maximum absolute atomic E-state index is 11.5. The minimum absolute atomic E-state index is 0.102. The zero-order valence-corrected chi connectivity index (χ0v) is 10.5. The molecule has 1 saturated heterocycles. The van der Waals surface area contributed by atoms with Gasteiger partial charge in [-0.1, -0.05) is 0 Å². The van der Waals surface area contributed by atoms with Crippen LogP contribution in [0.5, 0.6) is 0 Å². The molecular weight excluding hydrogens is 224 g/mol. The van der Waals surface area contributed by atoms with Crippen molar-refractivity contribution < 1.29 is 19.0 Å². The molecule has 2 N–H and O–H groups in total. The molecule has 1 amide bonds. The van der Waals surface area contributed by atoms with Crippen LogP contribution in [0.1, 0.15) is 12.8 Å². The number of carbonyl (C=O) groups excluding carboxylic acids is 1. The molecule has 6 nitrogen and oxygen atoms in total. The number of hydrogen-bond acceptors (Lipinski definition) is 5. The molecule has 1 aliphatic heterocycles. The SMILES string of the molecule is COC(CNC(=O)COC1CCNCC1)OC. The van der Waals surface area contributed by atoms with Gasteiger partial charge in [-0.25, -0.2) is 0 Å². The summed E-state index contributed by atoms with van der Waals surface area (Å²) in [5.41, 5.74) is 0. The Morgan fingerprint density at radius 1 is 1.35 bits per heavy atom. The molecule has 17 heavy (non-hydrogen) atoms. The molecule has 0 radical (unpaired) electrons. The van der Waals surface area contributed by atoms with E-state index in [0.29, 0.717) is 6.54 Å². The van der Waals surface area contributed by atoms with E-state index in [2.05, 4.69) is 10.6 Å². The first-order valence-corrected chi connectivity index (χ1v) is 5.91. The highest BCUT2D eigenvalue weighted by Gasteiger charge is 2.15. The van der Waals surface area contributed by atoms with Crippen molar-refractivity contribution in [2.45, 2.75) is 25.2 Å². The number of methoxy groups -OCH3 is 2. The largest absolute Gasteiger partial charge is 0.368 e. The second-order valence-electron chi connectivity index (χ2n) is 3.97. The van der Waals surface area contributed by atoms with Crippen LogP contribution in [0.3, 0.4) is 0 Å². The zero-order valence-electron chi connectivity index (χ0n) is 10.5. The van der Waals surface area contributed by atoms with Crippen LogP contribution in [0, 0.1) is 0 Å². The predicted molar refractivity (Wildman–Crippen MR) is 62.7 cm³/mol. The molecule has 0 unspecified atom stereocenters. The molecular formula is C11H22N2O4. The summed E-state index contributed by atoms with van der Waals surface area (Å²) in [6.07, 6.45) is 1.72. The Labute approximate surface area is 102 Å². The van der Waals surface area contributed by atoms with Gasteiger partial charge in [-0.3, -0.25) is 4.79 Å². The minimum Gasteiger partial charge on any atom is -0.368 e. The van der Waals surface area contributed by atoms with Crippen LogP contribution in [-0.2, 0) is 19.0 Å². The van der Waals surface area contributed by atoms with Crippen molar-refractivity contribution >= 4 is 5.91 Å². The molecule has 0 spiro atoms. The number of amides is 1. The fourth-order valence-corrected chi connectivity index (χ4v) is 1.67. The van der Waals surface area contributed by atoms with Crippen molar-refractivity contribution in [3.05, 3.63) is 0 Å². The maximum atomic E-state index is 11.5. The van der Waals surface area contributed by atoms with Crippen molar-refractivity contribution in [3.63, 3.8) is 0 Å². The third-order valence-corrected chi connectivity index (χ3v) is 2.73. The Hall–Kier alpha value is -0.690. The van der Waals surface area contributed by atoms with Crippen LogP contribution < -0.4 is 10.6 Å². The summed E-state index contributed by atoms with van der Waals surface area (Å²) in [7, 11) is 3.07. The Kier molecular flexibility index (Phi) is 7.11. The van der Waals surface area contributed by atoms with Crippen LogP contribution in [-0.4, -0.2) is 58.8 Å². The van der Waals surface area contributed by atoms with Gasteiger partial charge in [-0.15, -0.1) is 0 Å². The van der Waals surface area contributed by atoms with Crippen molar-refractivity contribution in [1.82, 2.24) is 10.6 Å². The van der Waals surface area contributed by atoms with E-state index >= 15 is 0 Å². The van der Waals surface area contributed by atoms with Crippen molar-refractivity contribution in [2.75, 3.05) is 40.5 Å². The number of ether oxygens (including phenoxy) is 3. The minimum atomic E-state index is -0.405. The highest BCUT2D eigenvalue weighted by atomic mass is 16.7. The molecule has 1 rings (SSSR count). The zero-order chi connectivity index (χ0) is 12.5. The van der Waals surface area contributed by atoms with E-state index in [1.807, 2.05) is 0 Å². The van der Waals surface area contributed by atoms with Crippen LogP contribution >= 0.6 is 0 Å². The molecule has 0 saturated carbocycles. The maximum Gasteiger partial charge on any atom is 0.246 e. The number of hydrogen-bond donors (Lipinski definition) is 2. The lowest BCUT2D eigenvalue weighted by Gasteiger charge is -2.22. The summed E-state index contributed by atoms with van der Waals surface area (Å²) in [5.74, 6) is -0.136. The summed E-state index contributed by atoms with van der Waals surface area (Å²) < 4.78 is 15.4. The molecule has 0 bridgehead atoms. The van der Waals surface area contributed by atoms with Gasteiger partial charge < -0.3 is 24.8 Å². The summed E-state index contributed by atoms with van der Waals surface area (Å²) in [6.45, 7) is 2.36. The normalized spacial score (nSPS) is 17.4. The molecule has 0 aromatic carbocycles. The quantitative estimate of drug-likeness (QED) is 0.592. The smallest absolute Gasteiger partial charge is 0.246 e. The van der Waals surface area contributed by atoms with Crippen LogP contribution in [0.2, 0.25) is 0 Å². The average Bonchev–Trinajstić information content (AvgIpc) is 2.39. The molecule has 0 aromatic rings. The van der Waals surface area contributed by atoms with E-state index in [9.17, 15) is 4.79 Å². The van der Waals surface area contributed by atoms with Gasteiger partial charge in [0, 0.05) is 14.2 Å². The van der Waals surface area contributed by atoms with Gasteiger partial charge in [-0.2, -0.15) is 0 Å². The lowest BCUT2D eigenvalue weighted by atomic mass is 10.1. The standard InChI is InChI=1S/C11H22N2O4/c1-15-11(16-2)7-13-10(14)8-17-9-3-5-12-6-4-9/h9,11-12H,3-8H2,1-2H3,(H,13,14). The fourth-order valence-electron chi connectivity index (χ4n) is 1.67. The van der Waals surface area contributed by atoms with Gasteiger partial charge in [0.1, 0.15) is 6.61 Å². The van der Waals surface area contributed by atoms with Gasteiger partial charge in [-0.05, 0) is 25.9 Å². The first-order chi connectivity index (χ1) is 8.26. The Balaban J connectivity index is 2.07. The highest BCUT2D eigenvalue weighted by Crippen LogP contribution is 2.06. The van der Waals surface area contributed by atoms with Gasteiger partial charge in [0.15, 0.2) is 6.29 Å². The van der Waals surface area contributed by atoms with Crippen molar-refractivity contribution in [2.24, 2.45) is 0 Å². The van der Waals surface area contributed by atoms with Gasteiger partial charge in [0.2, 0.25) is 5.91 Å². The Morgan fingerprint density at radius 3 is 2.59 bits per heavy atom. The highest BCUT2D eigenvalue weighted by molar-refractivity contribution is 5.77. The van der Waals surface area contributed by atoms with Gasteiger partial charge in [0.25, 0.3) is 0 Å². The Morgan fingerprint density at radius 2 is 2.00 bits per heavy atom. The third kappa shape index (κ3) is 5.97. The molecule has 0 aromatic heterocycles. The first-order valence-electron chi connectivity index (χ1n) is 5.91. The van der Waals surface area contributed by atoms with E-state index in [1.165, 1.54) is 14.2 Å². The number of nitrogens with one attached hydrogen (secondary N) is 2. The molecule has 1 aliphatic rings. The molecule has 1 heterocycles. The summed E-state index contributed by atoms with van der Waals surface area (Å²) in [5, 5.41) is 5.94. The molecule has 1 fully saturated rings. The van der Waals surface area contributed by atoms with Crippen LogP contribution in [0.4, 0.5) is 0 Å². The first kappa shape index (κ1) is 14.4. The third-order valence-electron chi connectivity index (χ3n) is 2.73. The molecule has 6 heteroatoms. The summed E-state index contributed by atoms with van der Waals surface area (Å²) in [6, 6.07) is 0. The molecule has 0 atom stereocenters. The van der Waals surface area contributed by atoms with Gasteiger partial charge >= 0.3 is 0 Å². The van der Waals surface area contributed by atoms with E-state index in [0.717, 1.165) is 25.9 Å². The number of rotatable bonds is 7. The lowest BCUT2D eigenvalue weighted by Crippen LogP contribution is -2.38. The Bertz CT molecular complexity index is 216. The number of carbonyl (C=O) groups is 1. The van der Waals surface area contributed by atoms with Crippen LogP contribution in [0.25, 0.3) is 0 Å². The second-order valence-corrected chi connectivity index (χ2v) is 3.97. The molecule has 100 valence electrons. The summed E-state index contributed by atoms with van der Waals surface area (Å²) >= 11 is 0. The van der Waals surface area contributed by atoms with Crippen molar-refractivity contribution in [1.29, 1.82) is 0 Å². The lowest BCUT2D eigenvalue weighted by molar-refractivity contribution is -0.133. The fraction of sp³-hybridized carbons (Fsp3) is 0.909. The monoisotopic (exact) mass is 246 g/mol. The average molecular weight is 246 g/mol. The number of piperidine rings is 1. The van der Waals surface area contributed by atoms with E-state index < -0.39 is 6.29 Å². The van der Waals surface area contributed by atoms with Crippen molar-refractivity contribution in [3.8, 4) is 0 Å². The van der Waals surface area contributed by atoms with Crippen LogP contribution in [0.15, 0.2) is 0 Å². The predicted octanol–water partition coefficient (Wildman–Crippen LogP) is -0.510. The van der Waals surface area contributed by atoms with Gasteiger partial charge in [0.05, 0.1) is 12.6 Å². The molecule has 0 aliphatic carbocycles. The van der Waals surface area contributed by atoms with E-state index in [-0.39, 0.29) is 18.6 Å². The topological polar surface area (TPSA) is 68.8 Å². The van der Waals surface area contributed by atoms with E-state index in [4.69, 9.17) is 14.2 Å². The van der Waals surface area contributed by atoms with E-state index in [1.54, 1.807) is 0 Å². The second kappa shape index (κ2) is 8.41.